The predicted molar refractivity (Wildman–Crippen MR) is 111 cm³/mol. The van der Waals surface area contributed by atoms with Crippen LogP contribution in [0.25, 0.3) is 0 Å². The van der Waals surface area contributed by atoms with Crippen LogP contribution in [0.2, 0.25) is 5.02 Å². The molecule has 0 aliphatic carbocycles. The third-order valence-corrected chi connectivity index (χ3v) is 5.84. The van der Waals surface area contributed by atoms with Gasteiger partial charge in [-0.1, -0.05) is 23.7 Å². The number of benzene rings is 3. The summed E-state index contributed by atoms with van der Waals surface area (Å²) in [5, 5.41) is 2.41. The molecule has 0 unspecified atom stereocenters. The third-order valence-electron chi connectivity index (χ3n) is 4.15. The summed E-state index contributed by atoms with van der Waals surface area (Å²) < 4.78 is 54.6. The molecular weight excluding hydrogens is 436 g/mol. The zero-order valence-electron chi connectivity index (χ0n) is 15.3. The summed E-state index contributed by atoms with van der Waals surface area (Å²) >= 11 is 5.90. The minimum atomic E-state index is -4.04. The lowest BCUT2D eigenvalue weighted by Crippen LogP contribution is -2.17. The van der Waals surface area contributed by atoms with Crippen molar-refractivity contribution in [3.05, 3.63) is 88.4 Å². The van der Waals surface area contributed by atoms with Gasteiger partial charge in [0.25, 0.3) is 15.9 Å². The van der Waals surface area contributed by atoms with Crippen LogP contribution in [0.4, 0.5) is 20.2 Å². The molecule has 0 spiro atoms. The molecule has 0 aliphatic heterocycles. The van der Waals surface area contributed by atoms with Crippen molar-refractivity contribution < 1.29 is 22.0 Å². The fourth-order valence-corrected chi connectivity index (χ4v) is 3.99. The van der Waals surface area contributed by atoms with Crippen molar-refractivity contribution in [1.82, 2.24) is 0 Å². The van der Waals surface area contributed by atoms with Crippen molar-refractivity contribution in [2.24, 2.45) is 5.73 Å². The van der Waals surface area contributed by atoms with Gasteiger partial charge in [-0.2, -0.15) is 0 Å². The Kier molecular flexibility index (Phi) is 6.35. The number of nitrogens with two attached hydrogens (primary N) is 1. The molecule has 3 aromatic rings. The van der Waals surface area contributed by atoms with Crippen molar-refractivity contribution in [2.75, 3.05) is 10.0 Å². The lowest BCUT2D eigenvalue weighted by molar-refractivity contribution is 0.102. The van der Waals surface area contributed by atoms with E-state index in [4.69, 9.17) is 17.3 Å². The number of halogens is 3. The van der Waals surface area contributed by atoms with Gasteiger partial charge in [0.1, 0.15) is 11.6 Å². The van der Waals surface area contributed by atoms with E-state index in [2.05, 4.69) is 10.0 Å². The Morgan fingerprint density at radius 1 is 1.03 bits per heavy atom. The SMILES string of the molecule is NCc1ccc(NC(=O)c2c(F)cccc2Cl)cc1NS(=O)(=O)c1ccc(F)cc1. The zero-order valence-corrected chi connectivity index (χ0v) is 16.9. The first-order valence-corrected chi connectivity index (χ1v) is 10.4. The van der Waals surface area contributed by atoms with E-state index in [1.807, 2.05) is 0 Å². The molecule has 0 saturated heterocycles. The van der Waals surface area contributed by atoms with Gasteiger partial charge < -0.3 is 11.1 Å². The number of amides is 1. The minimum Gasteiger partial charge on any atom is -0.326 e. The molecule has 3 rings (SSSR count). The highest BCUT2D eigenvalue weighted by atomic mass is 35.5. The van der Waals surface area contributed by atoms with E-state index in [-0.39, 0.29) is 33.4 Å². The van der Waals surface area contributed by atoms with E-state index in [1.54, 1.807) is 0 Å². The van der Waals surface area contributed by atoms with Crippen molar-refractivity contribution in [1.29, 1.82) is 0 Å². The molecule has 156 valence electrons. The first kappa shape index (κ1) is 21.7. The van der Waals surface area contributed by atoms with Gasteiger partial charge in [-0.15, -0.1) is 0 Å². The van der Waals surface area contributed by atoms with Crippen LogP contribution in [-0.2, 0) is 16.6 Å². The molecular formula is C20H16ClF2N3O3S. The topological polar surface area (TPSA) is 101 Å². The number of anilines is 2. The zero-order chi connectivity index (χ0) is 21.9. The molecule has 0 atom stereocenters. The van der Waals surface area contributed by atoms with Crippen LogP contribution in [0, 0.1) is 11.6 Å². The molecule has 3 aromatic carbocycles. The van der Waals surface area contributed by atoms with E-state index in [1.165, 1.54) is 30.3 Å². The third kappa shape index (κ3) is 4.76. The summed E-state index contributed by atoms with van der Waals surface area (Å²) in [6.07, 6.45) is 0. The van der Waals surface area contributed by atoms with Gasteiger partial charge in [0.05, 0.1) is 21.2 Å². The predicted octanol–water partition coefficient (Wildman–Crippen LogP) is 4.13. The fraction of sp³-hybridized carbons (Fsp3) is 0.0500. The summed E-state index contributed by atoms with van der Waals surface area (Å²) in [5.41, 5.74) is 6.08. The largest absolute Gasteiger partial charge is 0.326 e. The Balaban J connectivity index is 1.90. The van der Waals surface area contributed by atoms with E-state index in [0.717, 1.165) is 30.3 Å². The van der Waals surface area contributed by atoms with Gasteiger partial charge in [0, 0.05) is 12.2 Å². The minimum absolute atomic E-state index is 0.00857. The van der Waals surface area contributed by atoms with E-state index < -0.39 is 27.6 Å². The van der Waals surface area contributed by atoms with Crippen molar-refractivity contribution in [3.63, 3.8) is 0 Å². The lowest BCUT2D eigenvalue weighted by atomic mass is 10.1. The molecule has 0 aromatic heterocycles. The van der Waals surface area contributed by atoms with Crippen LogP contribution in [-0.4, -0.2) is 14.3 Å². The molecule has 0 saturated carbocycles. The Morgan fingerprint density at radius 2 is 1.73 bits per heavy atom. The lowest BCUT2D eigenvalue weighted by Gasteiger charge is -2.14. The molecule has 0 aliphatic rings. The van der Waals surface area contributed by atoms with Crippen LogP contribution < -0.4 is 15.8 Å². The first-order chi connectivity index (χ1) is 14.2. The highest BCUT2D eigenvalue weighted by molar-refractivity contribution is 7.92. The Morgan fingerprint density at radius 3 is 2.37 bits per heavy atom. The van der Waals surface area contributed by atoms with Gasteiger partial charge in [0.15, 0.2) is 0 Å². The summed E-state index contributed by atoms with van der Waals surface area (Å²) in [4.78, 5) is 12.3. The summed E-state index contributed by atoms with van der Waals surface area (Å²) in [6.45, 7) is 0.00857. The number of rotatable bonds is 6. The monoisotopic (exact) mass is 451 g/mol. The molecule has 10 heteroatoms. The fourth-order valence-electron chi connectivity index (χ4n) is 2.65. The molecule has 0 fully saturated rings. The normalized spacial score (nSPS) is 11.2. The second-order valence-electron chi connectivity index (χ2n) is 6.19. The summed E-state index contributed by atoms with van der Waals surface area (Å²) in [6, 6.07) is 12.5. The number of sulfonamides is 1. The van der Waals surface area contributed by atoms with Crippen LogP contribution in [0.5, 0.6) is 0 Å². The number of hydrogen-bond donors (Lipinski definition) is 3. The van der Waals surface area contributed by atoms with Crippen LogP contribution in [0.3, 0.4) is 0 Å². The summed E-state index contributed by atoms with van der Waals surface area (Å²) in [7, 11) is -4.04. The van der Waals surface area contributed by atoms with Gasteiger partial charge in [-0.05, 0) is 54.1 Å². The maximum atomic E-state index is 14.0. The van der Waals surface area contributed by atoms with Crippen LogP contribution >= 0.6 is 11.6 Å². The number of hydrogen-bond acceptors (Lipinski definition) is 4. The van der Waals surface area contributed by atoms with Crippen molar-refractivity contribution >= 4 is 38.9 Å². The van der Waals surface area contributed by atoms with Crippen molar-refractivity contribution in [3.8, 4) is 0 Å². The van der Waals surface area contributed by atoms with Gasteiger partial charge >= 0.3 is 0 Å². The smallest absolute Gasteiger partial charge is 0.261 e. The maximum absolute atomic E-state index is 14.0. The number of nitrogens with one attached hydrogen (secondary N) is 2. The highest BCUT2D eigenvalue weighted by Gasteiger charge is 2.19. The molecule has 6 nitrogen and oxygen atoms in total. The van der Waals surface area contributed by atoms with Crippen molar-refractivity contribution in [2.45, 2.75) is 11.4 Å². The second-order valence-corrected chi connectivity index (χ2v) is 8.28. The molecule has 0 bridgehead atoms. The van der Waals surface area contributed by atoms with E-state index in [0.29, 0.717) is 5.56 Å². The van der Waals surface area contributed by atoms with Crippen LogP contribution in [0.15, 0.2) is 65.6 Å². The first-order valence-electron chi connectivity index (χ1n) is 8.58. The quantitative estimate of drug-likeness (QED) is 0.524. The number of carbonyl (C=O) groups is 1. The highest BCUT2D eigenvalue weighted by Crippen LogP contribution is 2.26. The Hall–Kier alpha value is -3.01. The van der Waals surface area contributed by atoms with Gasteiger partial charge in [-0.3, -0.25) is 9.52 Å². The standard InChI is InChI=1S/C20H16ClF2N3O3S/c21-16-2-1-3-17(23)19(16)20(27)25-14-7-4-12(11-24)18(10-14)26-30(28,29)15-8-5-13(22)6-9-15/h1-10,26H,11,24H2,(H,25,27). The second kappa shape index (κ2) is 8.78. The van der Waals surface area contributed by atoms with Gasteiger partial charge in [-0.25, -0.2) is 17.2 Å². The Bertz CT molecular complexity index is 1180. The van der Waals surface area contributed by atoms with Crippen LogP contribution in [0.1, 0.15) is 15.9 Å². The molecule has 30 heavy (non-hydrogen) atoms. The van der Waals surface area contributed by atoms with E-state index >= 15 is 0 Å². The molecule has 1 amide bonds. The molecule has 0 radical (unpaired) electrons. The molecule has 4 N–H and O–H groups in total. The number of carbonyl (C=O) groups excluding carboxylic acids is 1. The van der Waals surface area contributed by atoms with E-state index in [9.17, 15) is 22.0 Å². The summed E-state index contributed by atoms with van der Waals surface area (Å²) in [5.74, 6) is -2.17. The Labute approximate surface area is 176 Å². The average Bonchev–Trinajstić information content (AvgIpc) is 2.68. The molecule has 0 heterocycles. The maximum Gasteiger partial charge on any atom is 0.261 e. The van der Waals surface area contributed by atoms with Gasteiger partial charge in [0.2, 0.25) is 0 Å². The average molecular weight is 452 g/mol.